The van der Waals surface area contributed by atoms with Gasteiger partial charge in [0.1, 0.15) is 0 Å². The molecule has 1 aliphatic carbocycles. The summed E-state index contributed by atoms with van der Waals surface area (Å²) in [5.74, 6) is -0.296. The van der Waals surface area contributed by atoms with Gasteiger partial charge in [0.2, 0.25) is 15.9 Å². The summed E-state index contributed by atoms with van der Waals surface area (Å²) in [6.45, 7) is 0.277. The predicted octanol–water partition coefficient (Wildman–Crippen LogP) is 2.33. The van der Waals surface area contributed by atoms with E-state index in [0.29, 0.717) is 11.1 Å². The van der Waals surface area contributed by atoms with E-state index in [-0.39, 0.29) is 23.4 Å². The number of carbonyl (C=O) groups excluding carboxylic acids is 1. The Kier molecular flexibility index (Phi) is 5.69. The van der Waals surface area contributed by atoms with Crippen LogP contribution in [-0.4, -0.2) is 20.4 Å². The quantitative estimate of drug-likeness (QED) is 0.719. The van der Waals surface area contributed by atoms with Gasteiger partial charge in [0.15, 0.2) is 0 Å². The maximum atomic E-state index is 12.1. The highest BCUT2D eigenvalue weighted by atomic mass is 32.2. The van der Waals surface area contributed by atoms with Crippen LogP contribution in [-0.2, 0) is 21.4 Å². The molecule has 0 unspecified atom stereocenters. The molecule has 0 saturated heterocycles. The van der Waals surface area contributed by atoms with Gasteiger partial charge in [-0.1, -0.05) is 30.3 Å². The Hall–Kier alpha value is -2.95. The third kappa shape index (κ3) is 5.26. The summed E-state index contributed by atoms with van der Waals surface area (Å²) in [6, 6.07) is 15.6. The first kappa shape index (κ1) is 18.8. The number of hydrogen-bond acceptors (Lipinski definition) is 4. The van der Waals surface area contributed by atoms with Crippen LogP contribution >= 0.6 is 0 Å². The van der Waals surface area contributed by atoms with E-state index in [2.05, 4.69) is 16.1 Å². The van der Waals surface area contributed by atoms with Crippen molar-refractivity contribution in [2.24, 2.45) is 0 Å². The highest BCUT2D eigenvalue weighted by molar-refractivity contribution is 7.89. The molecule has 1 fully saturated rings. The second-order valence-corrected chi connectivity index (χ2v) is 8.00. The molecular weight excluding hydrogens is 362 g/mol. The zero-order valence-electron chi connectivity index (χ0n) is 14.6. The fourth-order valence-corrected chi connectivity index (χ4v) is 3.74. The molecule has 0 aliphatic heterocycles. The van der Waals surface area contributed by atoms with Crippen LogP contribution in [0.4, 0.5) is 0 Å². The van der Waals surface area contributed by atoms with E-state index in [1.807, 2.05) is 0 Å². The third-order valence-corrected chi connectivity index (χ3v) is 5.63. The van der Waals surface area contributed by atoms with Crippen LogP contribution < -0.4 is 10.0 Å². The molecule has 0 bridgehead atoms. The average Bonchev–Trinajstić information content (AvgIpc) is 3.48. The van der Waals surface area contributed by atoms with Crippen molar-refractivity contribution < 1.29 is 13.2 Å². The van der Waals surface area contributed by atoms with Gasteiger partial charge in [0, 0.05) is 18.7 Å². The molecular formula is C20H19N3O3S. The summed E-state index contributed by atoms with van der Waals surface area (Å²) >= 11 is 0. The smallest absolute Gasteiger partial charge is 0.244 e. The molecule has 0 atom stereocenters. The number of benzene rings is 2. The number of nitrogens with zero attached hydrogens (tertiary/aromatic N) is 1. The maximum Gasteiger partial charge on any atom is 0.244 e. The van der Waals surface area contributed by atoms with Gasteiger partial charge in [0.05, 0.1) is 16.5 Å². The summed E-state index contributed by atoms with van der Waals surface area (Å²) in [5, 5.41) is 11.8. The van der Waals surface area contributed by atoms with Crippen LogP contribution in [0.2, 0.25) is 0 Å². The third-order valence-electron chi connectivity index (χ3n) is 4.10. The van der Waals surface area contributed by atoms with Gasteiger partial charge in [-0.25, -0.2) is 13.1 Å². The average molecular weight is 381 g/mol. The van der Waals surface area contributed by atoms with Crippen LogP contribution in [0, 0.1) is 11.3 Å². The molecule has 1 amide bonds. The molecule has 138 valence electrons. The van der Waals surface area contributed by atoms with Crippen molar-refractivity contribution in [3.05, 3.63) is 71.3 Å². The lowest BCUT2D eigenvalue weighted by Crippen LogP contribution is -2.25. The molecule has 0 spiro atoms. The normalized spacial score (nSPS) is 14.0. The van der Waals surface area contributed by atoms with Crippen molar-refractivity contribution in [1.82, 2.24) is 10.0 Å². The lowest BCUT2D eigenvalue weighted by atomic mass is 10.1. The van der Waals surface area contributed by atoms with Crippen LogP contribution in [0.3, 0.4) is 0 Å². The first-order valence-corrected chi connectivity index (χ1v) is 10.0. The molecule has 2 N–H and O–H groups in total. The van der Waals surface area contributed by atoms with Crippen LogP contribution in [0.25, 0.3) is 6.08 Å². The minimum atomic E-state index is -3.47. The van der Waals surface area contributed by atoms with E-state index < -0.39 is 10.0 Å². The summed E-state index contributed by atoms with van der Waals surface area (Å²) in [4.78, 5) is 12.2. The number of hydrogen-bond donors (Lipinski definition) is 2. The largest absolute Gasteiger partial charge is 0.348 e. The monoisotopic (exact) mass is 381 g/mol. The van der Waals surface area contributed by atoms with E-state index in [9.17, 15) is 13.2 Å². The molecule has 0 aromatic heterocycles. The van der Waals surface area contributed by atoms with Crippen LogP contribution in [0.1, 0.15) is 29.5 Å². The van der Waals surface area contributed by atoms with Crippen molar-refractivity contribution in [3.63, 3.8) is 0 Å². The number of rotatable bonds is 7. The van der Waals surface area contributed by atoms with Crippen molar-refractivity contribution in [2.45, 2.75) is 30.3 Å². The molecule has 6 nitrogen and oxygen atoms in total. The predicted molar refractivity (Wildman–Crippen MR) is 102 cm³/mol. The molecule has 2 aromatic carbocycles. The Morgan fingerprint density at radius 3 is 2.52 bits per heavy atom. The van der Waals surface area contributed by atoms with Crippen molar-refractivity contribution in [3.8, 4) is 6.07 Å². The Morgan fingerprint density at radius 2 is 1.85 bits per heavy atom. The summed E-state index contributed by atoms with van der Waals surface area (Å²) < 4.78 is 26.9. The molecule has 3 rings (SSSR count). The van der Waals surface area contributed by atoms with E-state index in [1.54, 1.807) is 42.5 Å². The number of sulfonamides is 1. The fraction of sp³-hybridized carbons (Fsp3) is 0.200. The molecule has 27 heavy (non-hydrogen) atoms. The minimum absolute atomic E-state index is 0.0620. The topological polar surface area (TPSA) is 99.1 Å². The number of nitriles is 1. The molecule has 1 aliphatic rings. The van der Waals surface area contributed by atoms with Gasteiger partial charge in [-0.3, -0.25) is 4.79 Å². The Bertz CT molecular complexity index is 1000. The van der Waals surface area contributed by atoms with Crippen molar-refractivity contribution >= 4 is 22.0 Å². The van der Waals surface area contributed by atoms with Gasteiger partial charge in [-0.05, 0) is 48.2 Å². The Morgan fingerprint density at radius 1 is 1.15 bits per heavy atom. The van der Waals surface area contributed by atoms with Crippen LogP contribution in [0.15, 0.2) is 59.5 Å². The fourth-order valence-electron chi connectivity index (χ4n) is 2.43. The van der Waals surface area contributed by atoms with E-state index in [4.69, 9.17) is 5.26 Å². The number of carbonyl (C=O) groups is 1. The second-order valence-electron chi connectivity index (χ2n) is 6.29. The first-order valence-electron chi connectivity index (χ1n) is 8.54. The van der Waals surface area contributed by atoms with Gasteiger partial charge < -0.3 is 5.32 Å². The highest BCUT2D eigenvalue weighted by Crippen LogP contribution is 2.22. The lowest BCUT2D eigenvalue weighted by molar-refractivity contribution is -0.116. The van der Waals surface area contributed by atoms with Crippen molar-refractivity contribution in [2.75, 3.05) is 0 Å². The Balaban J connectivity index is 1.56. The standard InChI is InChI=1S/C20H19N3O3S/c21-13-17-4-2-1-3-16(17)7-12-20(24)22-14-15-5-10-19(11-6-15)27(25,26)23-18-8-9-18/h1-7,10-12,18,23H,8-9,14H2,(H,22,24)/b12-7+. The van der Waals surface area contributed by atoms with Crippen LogP contribution in [0.5, 0.6) is 0 Å². The summed E-state index contributed by atoms with van der Waals surface area (Å²) in [7, 11) is -3.47. The highest BCUT2D eigenvalue weighted by Gasteiger charge is 2.27. The number of amides is 1. The molecule has 7 heteroatoms. The second kappa shape index (κ2) is 8.16. The van der Waals surface area contributed by atoms with Crippen molar-refractivity contribution in [1.29, 1.82) is 5.26 Å². The SMILES string of the molecule is N#Cc1ccccc1/C=C/C(=O)NCc1ccc(S(=O)(=O)NC2CC2)cc1. The maximum absolute atomic E-state index is 12.1. The van der Waals surface area contributed by atoms with Gasteiger partial charge in [-0.2, -0.15) is 5.26 Å². The van der Waals surface area contributed by atoms with Gasteiger partial charge in [0.25, 0.3) is 0 Å². The van der Waals surface area contributed by atoms with E-state index in [0.717, 1.165) is 18.4 Å². The van der Waals surface area contributed by atoms with Gasteiger partial charge >= 0.3 is 0 Å². The Labute approximate surface area is 158 Å². The zero-order valence-corrected chi connectivity index (χ0v) is 15.4. The first-order chi connectivity index (χ1) is 13.0. The number of nitrogens with one attached hydrogen (secondary N) is 2. The lowest BCUT2D eigenvalue weighted by Gasteiger charge is -2.07. The van der Waals surface area contributed by atoms with E-state index >= 15 is 0 Å². The zero-order chi connectivity index (χ0) is 19.3. The molecule has 1 saturated carbocycles. The molecule has 2 aromatic rings. The van der Waals surface area contributed by atoms with Gasteiger partial charge in [-0.15, -0.1) is 0 Å². The summed E-state index contributed by atoms with van der Waals surface area (Å²) in [6.07, 6.45) is 4.73. The molecule has 0 heterocycles. The summed E-state index contributed by atoms with van der Waals surface area (Å²) in [5.41, 5.74) is 1.96. The minimum Gasteiger partial charge on any atom is -0.348 e. The molecule has 0 radical (unpaired) electrons. The van der Waals surface area contributed by atoms with E-state index in [1.165, 1.54) is 18.2 Å².